The molecule has 3 nitrogen and oxygen atoms in total. The minimum Gasteiger partial charge on any atom is -0.479 e. The van der Waals surface area contributed by atoms with Gasteiger partial charge < -0.3 is 5.11 Å². The van der Waals surface area contributed by atoms with Gasteiger partial charge in [0.1, 0.15) is 0 Å². The average molecular weight is 179 g/mol. The summed E-state index contributed by atoms with van der Waals surface area (Å²) < 4.78 is 12.9. The number of hydrogen-bond acceptors (Lipinski definition) is 2. The highest BCUT2D eigenvalue weighted by Crippen LogP contribution is 2.18. The minimum atomic E-state index is -2.06. The second kappa shape index (κ2) is 3.68. The first-order valence-electron chi connectivity index (χ1n) is 3.52. The van der Waals surface area contributed by atoms with E-state index < -0.39 is 12.1 Å². The zero-order chi connectivity index (χ0) is 9.84. The summed E-state index contributed by atoms with van der Waals surface area (Å²) in [6.07, 6.45) is -2.06. The topological polar surface area (TPSA) is 61.1 Å². The zero-order valence-electron chi connectivity index (χ0n) is 6.57. The van der Waals surface area contributed by atoms with E-state index in [0.717, 1.165) is 0 Å². The summed E-state index contributed by atoms with van der Waals surface area (Å²) in [6, 6.07) is 7.29. The number of aliphatic carboxylic acids is 1. The molecule has 0 saturated carbocycles. The predicted octanol–water partition coefficient (Wildman–Crippen LogP) is 1.65. The van der Waals surface area contributed by atoms with Gasteiger partial charge in [0.25, 0.3) is 0 Å². The van der Waals surface area contributed by atoms with Crippen molar-refractivity contribution in [2.75, 3.05) is 0 Å². The summed E-state index contributed by atoms with van der Waals surface area (Å²) in [7, 11) is 0. The summed E-state index contributed by atoms with van der Waals surface area (Å²) in [4.78, 5) is 10.2. The number of carbonyl (C=O) groups is 1. The van der Waals surface area contributed by atoms with Crippen LogP contribution in [0.1, 0.15) is 17.3 Å². The van der Waals surface area contributed by atoms with Gasteiger partial charge in [0.05, 0.1) is 11.6 Å². The van der Waals surface area contributed by atoms with E-state index in [0.29, 0.717) is 0 Å². The fourth-order valence-corrected chi connectivity index (χ4v) is 0.908. The molecule has 1 aromatic carbocycles. The highest BCUT2D eigenvalue weighted by Gasteiger charge is 2.17. The molecule has 0 saturated heterocycles. The van der Waals surface area contributed by atoms with Crippen LogP contribution in [0.4, 0.5) is 4.39 Å². The van der Waals surface area contributed by atoms with Gasteiger partial charge in [-0.05, 0) is 17.7 Å². The molecule has 0 amide bonds. The minimum absolute atomic E-state index is 0.00782. The Kier molecular flexibility index (Phi) is 2.60. The lowest BCUT2D eigenvalue weighted by Gasteiger charge is -2.02. The van der Waals surface area contributed by atoms with Crippen molar-refractivity contribution in [3.8, 4) is 6.07 Å². The molecule has 0 spiro atoms. The van der Waals surface area contributed by atoms with Gasteiger partial charge in [-0.3, -0.25) is 0 Å². The van der Waals surface area contributed by atoms with Gasteiger partial charge in [0.2, 0.25) is 6.17 Å². The van der Waals surface area contributed by atoms with E-state index in [2.05, 4.69) is 0 Å². The molecule has 1 atom stereocenters. The lowest BCUT2D eigenvalue weighted by molar-refractivity contribution is -0.143. The number of benzene rings is 1. The Morgan fingerprint density at radius 3 is 2.85 bits per heavy atom. The van der Waals surface area contributed by atoms with Gasteiger partial charge in [0.15, 0.2) is 0 Å². The maximum Gasteiger partial charge on any atom is 0.343 e. The van der Waals surface area contributed by atoms with Crippen LogP contribution >= 0.6 is 0 Å². The lowest BCUT2D eigenvalue weighted by Crippen LogP contribution is -2.05. The Bertz CT molecular complexity index is 370. The largest absolute Gasteiger partial charge is 0.479 e. The van der Waals surface area contributed by atoms with Gasteiger partial charge in [-0.1, -0.05) is 12.1 Å². The summed E-state index contributed by atoms with van der Waals surface area (Å²) in [5.41, 5.74) is 0.243. The molecule has 13 heavy (non-hydrogen) atoms. The standard InChI is InChI=1S/C9H6FNO2/c10-8(9(12)13)7-3-1-2-6(4-7)5-11/h1-4,8H,(H,12,13). The van der Waals surface area contributed by atoms with E-state index in [1.54, 1.807) is 6.07 Å². The van der Waals surface area contributed by atoms with Crippen LogP contribution in [0.3, 0.4) is 0 Å². The molecule has 0 radical (unpaired) electrons. The van der Waals surface area contributed by atoms with E-state index in [1.165, 1.54) is 24.3 Å². The molecule has 1 unspecified atom stereocenters. The predicted molar refractivity (Wildman–Crippen MR) is 42.6 cm³/mol. The smallest absolute Gasteiger partial charge is 0.343 e. The molecule has 4 heteroatoms. The number of hydrogen-bond donors (Lipinski definition) is 1. The molecule has 0 bridgehead atoms. The molecule has 0 aliphatic heterocycles. The van der Waals surface area contributed by atoms with Gasteiger partial charge in [-0.15, -0.1) is 0 Å². The maximum absolute atomic E-state index is 12.9. The third kappa shape index (κ3) is 2.03. The molecule has 1 rings (SSSR count). The summed E-state index contributed by atoms with van der Waals surface area (Å²) in [5, 5.41) is 16.8. The monoisotopic (exact) mass is 179 g/mol. The normalized spacial score (nSPS) is 11.7. The molecule has 1 aromatic rings. The SMILES string of the molecule is N#Cc1cccc(C(F)C(=O)O)c1. The van der Waals surface area contributed by atoms with Gasteiger partial charge in [-0.25, -0.2) is 9.18 Å². The number of carboxylic acid groups (broad SMARTS) is 1. The van der Waals surface area contributed by atoms with Crippen molar-refractivity contribution in [3.05, 3.63) is 35.4 Å². The van der Waals surface area contributed by atoms with Crippen molar-refractivity contribution in [1.29, 1.82) is 5.26 Å². The maximum atomic E-state index is 12.9. The van der Waals surface area contributed by atoms with E-state index in [9.17, 15) is 9.18 Å². The van der Waals surface area contributed by atoms with Gasteiger partial charge in [-0.2, -0.15) is 5.26 Å². The van der Waals surface area contributed by atoms with E-state index in [4.69, 9.17) is 10.4 Å². The van der Waals surface area contributed by atoms with Crippen LogP contribution in [0.25, 0.3) is 0 Å². The van der Waals surface area contributed by atoms with Crippen LogP contribution in [-0.2, 0) is 4.79 Å². The van der Waals surface area contributed by atoms with E-state index in [1.807, 2.05) is 0 Å². The molecule has 0 aromatic heterocycles. The first kappa shape index (κ1) is 9.20. The van der Waals surface area contributed by atoms with E-state index in [-0.39, 0.29) is 11.1 Å². The number of rotatable bonds is 2. The van der Waals surface area contributed by atoms with Gasteiger partial charge in [0, 0.05) is 0 Å². The van der Waals surface area contributed by atoms with Crippen molar-refractivity contribution >= 4 is 5.97 Å². The fraction of sp³-hybridized carbons (Fsp3) is 0.111. The fourth-order valence-electron chi connectivity index (χ4n) is 0.908. The van der Waals surface area contributed by atoms with Crippen molar-refractivity contribution in [2.45, 2.75) is 6.17 Å². The van der Waals surface area contributed by atoms with Crippen LogP contribution in [0.15, 0.2) is 24.3 Å². The Morgan fingerprint density at radius 2 is 2.31 bits per heavy atom. The lowest BCUT2D eigenvalue weighted by atomic mass is 10.1. The van der Waals surface area contributed by atoms with E-state index >= 15 is 0 Å². The Hall–Kier alpha value is -1.89. The Labute approximate surface area is 74.0 Å². The number of halogens is 1. The van der Waals surface area contributed by atoms with Crippen molar-refractivity contribution in [1.82, 2.24) is 0 Å². The molecule has 0 aliphatic carbocycles. The average Bonchev–Trinajstić information content (AvgIpc) is 2.16. The van der Waals surface area contributed by atoms with Crippen molar-refractivity contribution in [2.24, 2.45) is 0 Å². The summed E-state index contributed by atoms with van der Waals surface area (Å²) in [5.74, 6) is -1.55. The molecule has 0 heterocycles. The highest BCUT2D eigenvalue weighted by molar-refractivity contribution is 5.74. The Balaban J connectivity index is 3.03. The van der Waals surface area contributed by atoms with Gasteiger partial charge >= 0.3 is 5.97 Å². The number of nitriles is 1. The summed E-state index contributed by atoms with van der Waals surface area (Å²) >= 11 is 0. The molecule has 0 fully saturated rings. The van der Waals surface area contributed by atoms with Crippen LogP contribution in [0.2, 0.25) is 0 Å². The van der Waals surface area contributed by atoms with Crippen LogP contribution in [-0.4, -0.2) is 11.1 Å². The first-order valence-corrected chi connectivity index (χ1v) is 3.52. The number of alkyl halides is 1. The zero-order valence-corrected chi connectivity index (χ0v) is 6.57. The molecular formula is C9H6FNO2. The van der Waals surface area contributed by atoms with Crippen LogP contribution in [0.5, 0.6) is 0 Å². The quantitative estimate of drug-likeness (QED) is 0.750. The van der Waals surface area contributed by atoms with Crippen molar-refractivity contribution in [3.63, 3.8) is 0 Å². The third-order valence-corrected chi connectivity index (χ3v) is 1.53. The third-order valence-electron chi connectivity index (χ3n) is 1.53. The molecule has 0 aliphatic rings. The van der Waals surface area contributed by atoms with Crippen LogP contribution < -0.4 is 0 Å². The molecular weight excluding hydrogens is 173 g/mol. The van der Waals surface area contributed by atoms with Crippen LogP contribution in [0, 0.1) is 11.3 Å². The second-order valence-corrected chi connectivity index (χ2v) is 2.44. The summed E-state index contributed by atoms with van der Waals surface area (Å²) in [6.45, 7) is 0. The first-order chi connectivity index (χ1) is 6.15. The molecule has 1 N–H and O–H groups in total. The Morgan fingerprint density at radius 1 is 1.62 bits per heavy atom. The molecule has 66 valence electrons. The highest BCUT2D eigenvalue weighted by atomic mass is 19.1. The number of nitrogens with zero attached hydrogens (tertiary/aromatic N) is 1. The second-order valence-electron chi connectivity index (χ2n) is 2.44. The number of carboxylic acids is 1. The van der Waals surface area contributed by atoms with Crippen molar-refractivity contribution < 1.29 is 14.3 Å².